The van der Waals surface area contributed by atoms with E-state index < -0.39 is 0 Å². The van der Waals surface area contributed by atoms with E-state index in [0.29, 0.717) is 0 Å². The molecule has 0 spiro atoms. The predicted octanol–water partition coefficient (Wildman–Crippen LogP) is 3.56. The highest BCUT2D eigenvalue weighted by atomic mass is 35.5. The molecule has 1 fully saturated rings. The summed E-state index contributed by atoms with van der Waals surface area (Å²) in [4.78, 5) is 4.56. The molecule has 5 heteroatoms. The van der Waals surface area contributed by atoms with Gasteiger partial charge in [0.05, 0.1) is 6.21 Å². The van der Waals surface area contributed by atoms with Gasteiger partial charge in [0.2, 0.25) is 0 Å². The summed E-state index contributed by atoms with van der Waals surface area (Å²) in [6, 6.07) is 16.6. The maximum atomic E-state index is 5.94. The van der Waals surface area contributed by atoms with Crippen LogP contribution in [-0.4, -0.2) is 56.4 Å². The number of hydrogen-bond acceptors (Lipinski definition) is 4. The Balaban J connectivity index is 1.47. The van der Waals surface area contributed by atoms with E-state index in [0.717, 1.165) is 43.3 Å². The van der Waals surface area contributed by atoms with E-state index in [4.69, 9.17) is 11.6 Å². The summed E-state index contributed by atoms with van der Waals surface area (Å²) >= 11 is 5.94. The Bertz CT molecular complexity index is 687. The molecule has 0 aliphatic carbocycles. The van der Waals surface area contributed by atoms with Crippen LogP contribution in [0.25, 0.3) is 0 Å². The van der Waals surface area contributed by atoms with Crippen LogP contribution >= 0.6 is 11.6 Å². The van der Waals surface area contributed by atoms with Crippen molar-refractivity contribution in [2.45, 2.75) is 6.54 Å². The minimum Gasteiger partial charge on any atom is -0.378 e. The monoisotopic (exact) mass is 356 g/mol. The number of hydrazone groups is 1. The summed E-state index contributed by atoms with van der Waals surface area (Å²) in [5.41, 5.74) is 3.64. The van der Waals surface area contributed by atoms with E-state index in [2.05, 4.69) is 56.3 Å². The largest absolute Gasteiger partial charge is 0.378 e. The van der Waals surface area contributed by atoms with Gasteiger partial charge < -0.3 is 4.90 Å². The minimum atomic E-state index is 0.793. The van der Waals surface area contributed by atoms with Crippen LogP contribution in [0.4, 0.5) is 5.69 Å². The topological polar surface area (TPSA) is 22.1 Å². The van der Waals surface area contributed by atoms with Crippen LogP contribution < -0.4 is 4.90 Å². The first-order chi connectivity index (χ1) is 12.1. The Labute approximate surface area is 155 Å². The van der Waals surface area contributed by atoms with Crippen molar-refractivity contribution < 1.29 is 0 Å². The highest BCUT2D eigenvalue weighted by Gasteiger charge is 2.15. The molecule has 1 heterocycles. The molecule has 0 bridgehead atoms. The van der Waals surface area contributed by atoms with E-state index in [1.807, 2.05) is 32.4 Å². The zero-order chi connectivity index (χ0) is 17.6. The fourth-order valence-corrected chi connectivity index (χ4v) is 2.99. The van der Waals surface area contributed by atoms with E-state index >= 15 is 0 Å². The molecule has 1 aliphatic heterocycles. The fourth-order valence-electron chi connectivity index (χ4n) is 2.87. The van der Waals surface area contributed by atoms with Gasteiger partial charge in [-0.25, -0.2) is 0 Å². The van der Waals surface area contributed by atoms with E-state index in [-0.39, 0.29) is 0 Å². The van der Waals surface area contributed by atoms with Crippen molar-refractivity contribution in [1.29, 1.82) is 0 Å². The van der Waals surface area contributed by atoms with Crippen LogP contribution in [0.2, 0.25) is 5.02 Å². The summed E-state index contributed by atoms with van der Waals surface area (Å²) in [7, 11) is 4.10. The highest BCUT2D eigenvalue weighted by Crippen LogP contribution is 2.14. The molecule has 2 aromatic rings. The third-order valence-corrected chi connectivity index (χ3v) is 4.70. The lowest BCUT2D eigenvalue weighted by molar-refractivity contribution is 0.131. The molecule has 0 N–H and O–H groups in total. The molecule has 0 aromatic heterocycles. The molecule has 1 saturated heterocycles. The van der Waals surface area contributed by atoms with Gasteiger partial charge in [-0.05, 0) is 35.4 Å². The van der Waals surface area contributed by atoms with Crippen molar-refractivity contribution in [2.75, 3.05) is 45.2 Å². The predicted molar refractivity (Wildman–Crippen MR) is 107 cm³/mol. The molecule has 4 nitrogen and oxygen atoms in total. The maximum Gasteiger partial charge on any atom is 0.0542 e. The van der Waals surface area contributed by atoms with E-state index in [9.17, 15) is 0 Å². The second kappa shape index (κ2) is 8.37. The van der Waals surface area contributed by atoms with Gasteiger partial charge in [0.25, 0.3) is 0 Å². The van der Waals surface area contributed by atoms with E-state index in [1.54, 1.807) is 0 Å². The van der Waals surface area contributed by atoms with Crippen molar-refractivity contribution in [3.05, 3.63) is 64.7 Å². The van der Waals surface area contributed by atoms with Gasteiger partial charge in [-0.3, -0.25) is 9.91 Å². The quantitative estimate of drug-likeness (QED) is 0.765. The minimum absolute atomic E-state index is 0.793. The SMILES string of the molecule is CN(C)c1ccc(/C=N/N2CCN(Cc3ccc(Cl)cc3)CC2)cc1. The molecule has 1 aliphatic rings. The lowest BCUT2D eigenvalue weighted by Gasteiger charge is -2.33. The molecule has 0 unspecified atom stereocenters. The third-order valence-electron chi connectivity index (χ3n) is 4.45. The van der Waals surface area contributed by atoms with Crippen LogP contribution in [-0.2, 0) is 6.54 Å². The third kappa shape index (κ3) is 5.21. The number of rotatable bonds is 5. The number of anilines is 1. The number of benzene rings is 2. The first-order valence-electron chi connectivity index (χ1n) is 8.63. The first-order valence-corrected chi connectivity index (χ1v) is 9.01. The van der Waals surface area contributed by atoms with Crippen molar-refractivity contribution >= 4 is 23.5 Å². The van der Waals surface area contributed by atoms with Gasteiger partial charge in [0.15, 0.2) is 0 Å². The number of piperazine rings is 1. The molecule has 25 heavy (non-hydrogen) atoms. The van der Waals surface area contributed by atoms with Gasteiger partial charge in [0.1, 0.15) is 0 Å². The van der Waals surface area contributed by atoms with Crippen LogP contribution in [0.15, 0.2) is 53.6 Å². The summed E-state index contributed by atoms with van der Waals surface area (Å²) in [6.45, 7) is 4.94. The second-order valence-corrected chi connectivity index (χ2v) is 7.02. The van der Waals surface area contributed by atoms with Crippen molar-refractivity contribution in [1.82, 2.24) is 9.91 Å². The van der Waals surface area contributed by atoms with Crippen LogP contribution in [0.5, 0.6) is 0 Å². The Kier molecular flexibility index (Phi) is 5.95. The van der Waals surface area contributed by atoms with Crippen molar-refractivity contribution in [2.24, 2.45) is 5.10 Å². The van der Waals surface area contributed by atoms with Crippen molar-refractivity contribution in [3.63, 3.8) is 0 Å². The molecule has 0 amide bonds. The molecule has 0 saturated carbocycles. The zero-order valence-corrected chi connectivity index (χ0v) is 15.7. The lowest BCUT2D eigenvalue weighted by atomic mass is 10.2. The maximum absolute atomic E-state index is 5.94. The van der Waals surface area contributed by atoms with Gasteiger partial charge in [-0.15, -0.1) is 0 Å². The van der Waals surface area contributed by atoms with Crippen molar-refractivity contribution in [3.8, 4) is 0 Å². The normalized spacial score (nSPS) is 15.7. The van der Waals surface area contributed by atoms with E-state index in [1.165, 1.54) is 11.3 Å². The van der Waals surface area contributed by atoms with Crippen LogP contribution in [0.3, 0.4) is 0 Å². The van der Waals surface area contributed by atoms with Gasteiger partial charge in [-0.2, -0.15) is 5.10 Å². The average molecular weight is 357 g/mol. The average Bonchev–Trinajstić information content (AvgIpc) is 2.63. The number of nitrogens with zero attached hydrogens (tertiary/aromatic N) is 4. The standard InChI is InChI=1S/C20H25ClN4/c1-23(2)20-9-5-17(6-10-20)15-22-25-13-11-24(12-14-25)16-18-3-7-19(21)8-4-18/h3-10,15H,11-14,16H2,1-2H3/b22-15+. The first kappa shape index (κ1) is 17.8. The highest BCUT2D eigenvalue weighted by molar-refractivity contribution is 6.30. The molecule has 0 atom stereocenters. The number of hydrogen-bond donors (Lipinski definition) is 0. The van der Waals surface area contributed by atoms with Crippen LogP contribution in [0, 0.1) is 0 Å². The Morgan fingerprint density at radius 2 is 1.60 bits per heavy atom. The lowest BCUT2D eigenvalue weighted by Crippen LogP contribution is -2.43. The Hall–Kier alpha value is -2.04. The number of halogens is 1. The summed E-state index contributed by atoms with van der Waals surface area (Å²) < 4.78 is 0. The molecular formula is C20H25ClN4. The zero-order valence-electron chi connectivity index (χ0n) is 14.9. The summed E-state index contributed by atoms with van der Waals surface area (Å²) in [5.74, 6) is 0. The Morgan fingerprint density at radius 1 is 0.960 bits per heavy atom. The fraction of sp³-hybridized carbons (Fsp3) is 0.350. The van der Waals surface area contributed by atoms with Gasteiger partial charge in [0, 0.05) is 57.5 Å². The molecule has 0 radical (unpaired) electrons. The molecule has 3 rings (SSSR count). The summed E-state index contributed by atoms with van der Waals surface area (Å²) in [6.07, 6.45) is 1.95. The Morgan fingerprint density at radius 3 is 2.20 bits per heavy atom. The smallest absolute Gasteiger partial charge is 0.0542 e. The second-order valence-electron chi connectivity index (χ2n) is 6.59. The molecule has 132 valence electrons. The summed E-state index contributed by atoms with van der Waals surface area (Å²) in [5, 5.41) is 7.58. The molecular weight excluding hydrogens is 332 g/mol. The van der Waals surface area contributed by atoms with Gasteiger partial charge >= 0.3 is 0 Å². The van der Waals surface area contributed by atoms with Crippen LogP contribution in [0.1, 0.15) is 11.1 Å². The van der Waals surface area contributed by atoms with Gasteiger partial charge in [-0.1, -0.05) is 35.9 Å². The molecule has 2 aromatic carbocycles.